The van der Waals surface area contributed by atoms with Gasteiger partial charge in [0.2, 0.25) is 10.0 Å². The van der Waals surface area contributed by atoms with E-state index in [9.17, 15) is 17.9 Å². The molecule has 0 aliphatic heterocycles. The second-order valence-electron chi connectivity index (χ2n) is 5.03. The lowest BCUT2D eigenvalue weighted by Gasteiger charge is -2.13. The Bertz CT molecular complexity index is 747. The zero-order chi connectivity index (χ0) is 16.9. The summed E-state index contributed by atoms with van der Waals surface area (Å²) in [5.74, 6) is -0.124. The number of nitrogens with one attached hydrogen (secondary N) is 1. The number of benzene rings is 2. The van der Waals surface area contributed by atoms with Crippen molar-refractivity contribution in [3.63, 3.8) is 0 Å². The highest BCUT2D eigenvalue weighted by molar-refractivity contribution is 7.88. The lowest BCUT2D eigenvalue weighted by atomic mass is 10.1. The fraction of sp³-hybridized carbons (Fsp3) is 0.250. The van der Waals surface area contributed by atoms with Crippen LogP contribution in [0.1, 0.15) is 17.2 Å². The van der Waals surface area contributed by atoms with E-state index in [0.29, 0.717) is 16.9 Å². The van der Waals surface area contributed by atoms with Crippen molar-refractivity contribution in [2.24, 2.45) is 0 Å². The molecule has 0 aliphatic carbocycles. The molecule has 1 unspecified atom stereocenters. The maximum atomic E-state index is 12.8. The Balaban J connectivity index is 1.96. The molecule has 0 saturated heterocycles. The van der Waals surface area contributed by atoms with E-state index in [1.54, 1.807) is 24.3 Å². The van der Waals surface area contributed by atoms with Gasteiger partial charge in [0.1, 0.15) is 11.6 Å². The zero-order valence-corrected chi connectivity index (χ0v) is 13.4. The van der Waals surface area contributed by atoms with Crippen LogP contribution in [0.4, 0.5) is 4.39 Å². The van der Waals surface area contributed by atoms with Crippen LogP contribution in [0.3, 0.4) is 0 Å². The minimum atomic E-state index is -3.63. The molecule has 0 aromatic heterocycles. The molecule has 1 atom stereocenters. The van der Waals surface area contributed by atoms with Crippen molar-refractivity contribution in [2.45, 2.75) is 11.9 Å². The largest absolute Gasteiger partial charge is 0.497 e. The SMILES string of the molecule is COc1cccc(C(O)CNS(=O)(=O)Cc2ccc(F)cc2)c1. The summed E-state index contributed by atoms with van der Waals surface area (Å²) in [6.45, 7) is -0.156. The Hall–Kier alpha value is -1.96. The first-order valence-electron chi connectivity index (χ1n) is 6.93. The molecule has 2 rings (SSSR count). The van der Waals surface area contributed by atoms with Crippen LogP contribution in [-0.4, -0.2) is 27.2 Å². The summed E-state index contributed by atoms with van der Waals surface area (Å²) < 4.78 is 44.2. The Kier molecular flexibility index (Phi) is 5.70. The van der Waals surface area contributed by atoms with E-state index in [1.165, 1.54) is 31.4 Å². The molecule has 2 aromatic carbocycles. The van der Waals surface area contributed by atoms with Gasteiger partial charge in [-0.2, -0.15) is 0 Å². The van der Waals surface area contributed by atoms with Crippen LogP contribution in [0.2, 0.25) is 0 Å². The number of hydrogen-bond acceptors (Lipinski definition) is 4. The van der Waals surface area contributed by atoms with Crippen LogP contribution in [0, 0.1) is 5.82 Å². The number of halogens is 1. The summed E-state index contributed by atoms with van der Waals surface area (Å²) in [4.78, 5) is 0. The van der Waals surface area contributed by atoms with Gasteiger partial charge in [0.15, 0.2) is 0 Å². The van der Waals surface area contributed by atoms with Gasteiger partial charge in [-0.05, 0) is 35.4 Å². The van der Waals surface area contributed by atoms with Crippen LogP contribution in [0.15, 0.2) is 48.5 Å². The van der Waals surface area contributed by atoms with Gasteiger partial charge in [0.25, 0.3) is 0 Å². The Morgan fingerprint density at radius 3 is 2.57 bits per heavy atom. The summed E-state index contributed by atoms with van der Waals surface area (Å²) in [7, 11) is -2.12. The lowest BCUT2D eigenvalue weighted by Crippen LogP contribution is -2.29. The standard InChI is InChI=1S/C16H18FNO4S/c1-22-15-4-2-3-13(9-15)16(19)10-18-23(20,21)11-12-5-7-14(17)8-6-12/h2-9,16,18-19H,10-11H2,1H3. The molecular formula is C16H18FNO4S. The average molecular weight is 339 g/mol. The second-order valence-corrected chi connectivity index (χ2v) is 6.83. The lowest BCUT2D eigenvalue weighted by molar-refractivity contribution is 0.181. The molecule has 0 aliphatic rings. The maximum absolute atomic E-state index is 12.8. The molecule has 0 fully saturated rings. The molecule has 7 heteroatoms. The van der Waals surface area contributed by atoms with Gasteiger partial charge in [-0.25, -0.2) is 17.5 Å². The third kappa shape index (κ3) is 5.31. The molecule has 23 heavy (non-hydrogen) atoms. The quantitative estimate of drug-likeness (QED) is 0.809. The van der Waals surface area contributed by atoms with Crippen LogP contribution in [-0.2, 0) is 15.8 Å². The van der Waals surface area contributed by atoms with E-state index in [-0.39, 0.29) is 12.3 Å². The summed E-state index contributed by atoms with van der Waals surface area (Å²) in [6, 6.07) is 12.0. The highest BCUT2D eigenvalue weighted by atomic mass is 32.2. The molecular weight excluding hydrogens is 321 g/mol. The average Bonchev–Trinajstić information content (AvgIpc) is 2.55. The number of aliphatic hydroxyl groups is 1. The van der Waals surface area contributed by atoms with Gasteiger partial charge in [0.05, 0.1) is 19.0 Å². The van der Waals surface area contributed by atoms with Gasteiger partial charge in [0, 0.05) is 6.54 Å². The van der Waals surface area contributed by atoms with Gasteiger partial charge in [-0.1, -0.05) is 24.3 Å². The monoisotopic (exact) mass is 339 g/mol. The maximum Gasteiger partial charge on any atom is 0.215 e. The van der Waals surface area contributed by atoms with Gasteiger partial charge in [-0.15, -0.1) is 0 Å². The van der Waals surface area contributed by atoms with E-state index in [1.807, 2.05) is 0 Å². The molecule has 0 radical (unpaired) electrons. The molecule has 0 bridgehead atoms. The molecule has 0 amide bonds. The Labute approximate surface area is 134 Å². The van der Waals surface area contributed by atoms with Crippen molar-refractivity contribution < 1.29 is 22.7 Å². The van der Waals surface area contributed by atoms with Crippen molar-refractivity contribution in [3.05, 3.63) is 65.5 Å². The van der Waals surface area contributed by atoms with Crippen LogP contribution in [0.5, 0.6) is 5.75 Å². The van der Waals surface area contributed by atoms with Crippen LogP contribution in [0.25, 0.3) is 0 Å². The number of aliphatic hydroxyl groups excluding tert-OH is 1. The number of hydrogen-bond donors (Lipinski definition) is 2. The molecule has 5 nitrogen and oxygen atoms in total. The smallest absolute Gasteiger partial charge is 0.215 e. The summed E-state index contributed by atoms with van der Waals surface area (Å²) in [5, 5.41) is 10.1. The van der Waals surface area contributed by atoms with Gasteiger partial charge in [-0.3, -0.25) is 0 Å². The van der Waals surface area contributed by atoms with Crippen molar-refractivity contribution in [1.29, 1.82) is 0 Å². The molecule has 0 heterocycles. The third-order valence-electron chi connectivity index (χ3n) is 3.25. The highest BCUT2D eigenvalue weighted by Crippen LogP contribution is 2.18. The van der Waals surface area contributed by atoms with Crippen molar-refractivity contribution in [2.75, 3.05) is 13.7 Å². The molecule has 2 N–H and O–H groups in total. The number of rotatable bonds is 7. The Morgan fingerprint density at radius 2 is 1.91 bits per heavy atom. The van der Waals surface area contributed by atoms with E-state index < -0.39 is 21.9 Å². The fourth-order valence-corrected chi connectivity index (χ4v) is 3.17. The van der Waals surface area contributed by atoms with Crippen molar-refractivity contribution in [1.82, 2.24) is 4.72 Å². The van der Waals surface area contributed by atoms with E-state index in [4.69, 9.17) is 4.74 Å². The molecule has 124 valence electrons. The first-order chi connectivity index (χ1) is 10.9. The Morgan fingerprint density at radius 1 is 1.22 bits per heavy atom. The van der Waals surface area contributed by atoms with Crippen LogP contribution < -0.4 is 9.46 Å². The van der Waals surface area contributed by atoms with Crippen molar-refractivity contribution in [3.8, 4) is 5.75 Å². The predicted octanol–water partition coefficient (Wildman–Crippen LogP) is 1.99. The normalized spacial score (nSPS) is 12.8. The van der Waals surface area contributed by atoms with Gasteiger partial charge < -0.3 is 9.84 Å². The number of methoxy groups -OCH3 is 1. The van der Waals surface area contributed by atoms with Crippen LogP contribution >= 0.6 is 0 Å². The van der Waals surface area contributed by atoms with E-state index in [0.717, 1.165) is 0 Å². The highest BCUT2D eigenvalue weighted by Gasteiger charge is 2.15. The van der Waals surface area contributed by atoms with E-state index in [2.05, 4.69) is 4.72 Å². The number of ether oxygens (including phenoxy) is 1. The first kappa shape index (κ1) is 17.4. The minimum Gasteiger partial charge on any atom is -0.497 e. The minimum absolute atomic E-state index is 0.156. The second kappa shape index (κ2) is 7.54. The van der Waals surface area contributed by atoms with Gasteiger partial charge >= 0.3 is 0 Å². The molecule has 2 aromatic rings. The fourth-order valence-electron chi connectivity index (χ4n) is 2.02. The van der Waals surface area contributed by atoms with Crippen molar-refractivity contribution >= 4 is 10.0 Å². The number of sulfonamides is 1. The summed E-state index contributed by atoms with van der Waals surface area (Å²) >= 11 is 0. The summed E-state index contributed by atoms with van der Waals surface area (Å²) in [5.41, 5.74) is 1.02. The predicted molar refractivity (Wildman–Crippen MR) is 85.0 cm³/mol. The zero-order valence-electron chi connectivity index (χ0n) is 12.6. The molecule has 0 saturated carbocycles. The summed E-state index contributed by atoms with van der Waals surface area (Å²) in [6.07, 6.45) is -0.993. The topological polar surface area (TPSA) is 75.6 Å². The first-order valence-corrected chi connectivity index (χ1v) is 8.58. The van der Waals surface area contributed by atoms with E-state index >= 15 is 0 Å². The third-order valence-corrected chi connectivity index (χ3v) is 4.56. The molecule has 0 spiro atoms.